The second kappa shape index (κ2) is 5.67. The van der Waals surface area contributed by atoms with Crippen LogP contribution in [0.3, 0.4) is 0 Å². The Morgan fingerprint density at radius 2 is 2.00 bits per heavy atom. The van der Waals surface area contributed by atoms with E-state index in [0.717, 1.165) is 0 Å². The lowest BCUT2D eigenvalue weighted by molar-refractivity contribution is -0.137. The van der Waals surface area contributed by atoms with Gasteiger partial charge in [-0.1, -0.05) is 32.4 Å². The minimum absolute atomic E-state index is 0.0337. The molecule has 1 atom stereocenters. The molecule has 0 fully saturated rings. The van der Waals surface area contributed by atoms with Crippen LogP contribution in [-0.2, 0) is 4.79 Å². The number of aromatic nitrogens is 2. The zero-order valence-electron chi connectivity index (χ0n) is 11.7. The summed E-state index contributed by atoms with van der Waals surface area (Å²) in [7, 11) is 0. The molecule has 1 unspecified atom stereocenters. The largest absolute Gasteiger partial charge is 0.460 e. The van der Waals surface area contributed by atoms with Crippen LogP contribution < -0.4 is 4.74 Å². The number of carbonyl (C=O) groups excluding carboxylic acids is 1. The van der Waals surface area contributed by atoms with E-state index in [4.69, 9.17) is 16.3 Å². The molecule has 0 bridgehead atoms. The monoisotopic (exact) mass is 292 g/mol. The van der Waals surface area contributed by atoms with E-state index in [9.17, 15) is 4.79 Å². The summed E-state index contributed by atoms with van der Waals surface area (Å²) in [5.41, 5.74) is -0.524. The van der Waals surface area contributed by atoms with E-state index in [1.165, 1.54) is 6.20 Å². The Morgan fingerprint density at radius 1 is 1.35 bits per heavy atom. The van der Waals surface area contributed by atoms with Crippen LogP contribution in [0.2, 0.25) is 5.02 Å². The van der Waals surface area contributed by atoms with Crippen molar-refractivity contribution in [2.24, 2.45) is 5.41 Å². The summed E-state index contributed by atoms with van der Waals surface area (Å²) in [6.07, 6.45) is 5.91. The van der Waals surface area contributed by atoms with Crippen LogP contribution in [0.5, 0.6) is 5.75 Å². The molecule has 0 aliphatic rings. The summed E-state index contributed by atoms with van der Waals surface area (Å²) in [5, 5.41) is 0.430. The van der Waals surface area contributed by atoms with E-state index in [0.29, 0.717) is 10.8 Å². The van der Waals surface area contributed by atoms with Gasteiger partial charge < -0.3 is 9.30 Å². The maximum absolute atomic E-state index is 12.6. The maximum Gasteiger partial charge on any atom is 0.235 e. The number of Topliss-reactive ketones (excluding diaryl/α,β-unsaturated/α-hetero) is 1. The smallest absolute Gasteiger partial charge is 0.235 e. The van der Waals surface area contributed by atoms with Gasteiger partial charge in [-0.05, 0) is 18.2 Å². The molecule has 0 saturated carbocycles. The summed E-state index contributed by atoms with van der Waals surface area (Å²) < 4.78 is 7.52. The Labute approximate surface area is 123 Å². The van der Waals surface area contributed by atoms with Crippen molar-refractivity contribution in [3.05, 3.63) is 48.0 Å². The average molecular weight is 293 g/mol. The van der Waals surface area contributed by atoms with E-state index in [2.05, 4.69) is 4.98 Å². The van der Waals surface area contributed by atoms with Gasteiger partial charge in [0.25, 0.3) is 0 Å². The fourth-order valence-corrected chi connectivity index (χ4v) is 1.84. The van der Waals surface area contributed by atoms with Gasteiger partial charge in [-0.15, -0.1) is 0 Å². The normalized spacial score (nSPS) is 13.0. The molecule has 0 amide bonds. The summed E-state index contributed by atoms with van der Waals surface area (Å²) in [5.74, 6) is 0.360. The van der Waals surface area contributed by atoms with Gasteiger partial charge in [0, 0.05) is 24.0 Å². The van der Waals surface area contributed by atoms with Crippen molar-refractivity contribution in [3.63, 3.8) is 0 Å². The number of pyridine rings is 1. The van der Waals surface area contributed by atoms with Gasteiger partial charge in [0.2, 0.25) is 6.23 Å². The van der Waals surface area contributed by atoms with Crippen molar-refractivity contribution in [2.75, 3.05) is 0 Å². The zero-order chi connectivity index (χ0) is 14.8. The lowest BCUT2D eigenvalue weighted by Gasteiger charge is -2.26. The summed E-state index contributed by atoms with van der Waals surface area (Å²) >= 11 is 6.06. The second-order valence-corrected chi connectivity index (χ2v) is 5.93. The third-order valence-corrected chi connectivity index (χ3v) is 3.15. The summed E-state index contributed by atoms with van der Waals surface area (Å²) in [6.45, 7) is 5.58. The number of hydrogen-bond acceptors (Lipinski definition) is 3. The third kappa shape index (κ3) is 3.20. The first-order chi connectivity index (χ1) is 9.39. The molecule has 0 aliphatic carbocycles. The van der Waals surface area contributed by atoms with Gasteiger partial charge in [0.15, 0.2) is 11.5 Å². The Kier molecular flexibility index (Phi) is 4.14. The third-order valence-electron chi connectivity index (χ3n) is 2.83. The van der Waals surface area contributed by atoms with Crippen LogP contribution >= 0.6 is 11.6 Å². The number of ketones is 1. The molecule has 2 aromatic rings. The highest BCUT2D eigenvalue weighted by atomic mass is 35.5. The molecule has 0 spiro atoms. The topological polar surface area (TPSA) is 44.1 Å². The highest BCUT2D eigenvalue weighted by Gasteiger charge is 2.32. The SMILES string of the molecule is CC(C)(C)C(=O)C(Oc1cnccc1Cl)n1cccc1. The molecule has 0 aromatic carbocycles. The van der Waals surface area contributed by atoms with Gasteiger partial charge in [-0.25, -0.2) is 0 Å². The van der Waals surface area contributed by atoms with Crippen molar-refractivity contribution < 1.29 is 9.53 Å². The first-order valence-electron chi connectivity index (χ1n) is 6.32. The molecule has 2 aromatic heterocycles. The number of ether oxygens (including phenoxy) is 1. The van der Waals surface area contributed by atoms with Crippen LogP contribution in [-0.4, -0.2) is 15.3 Å². The standard InChI is InChI=1S/C15H17ClN2O2/c1-15(2,3)13(19)14(18-8-4-5-9-18)20-12-10-17-7-6-11(12)16/h4-10,14H,1-3H3. The van der Waals surface area contributed by atoms with E-state index in [1.54, 1.807) is 29.2 Å². The Bertz CT molecular complexity index is 588. The highest BCUT2D eigenvalue weighted by molar-refractivity contribution is 6.32. The minimum Gasteiger partial charge on any atom is -0.460 e. The molecule has 20 heavy (non-hydrogen) atoms. The van der Waals surface area contributed by atoms with E-state index in [1.807, 2.05) is 32.9 Å². The molecule has 0 aliphatic heterocycles. The Morgan fingerprint density at radius 3 is 2.55 bits per heavy atom. The predicted octanol–water partition coefficient (Wildman–Crippen LogP) is 3.73. The van der Waals surface area contributed by atoms with Gasteiger partial charge in [-0.2, -0.15) is 0 Å². The van der Waals surface area contributed by atoms with Crippen LogP contribution in [0.25, 0.3) is 0 Å². The second-order valence-electron chi connectivity index (χ2n) is 5.52. The van der Waals surface area contributed by atoms with Crippen molar-refractivity contribution >= 4 is 17.4 Å². The number of halogens is 1. The number of nitrogens with zero attached hydrogens (tertiary/aromatic N) is 2. The summed E-state index contributed by atoms with van der Waals surface area (Å²) in [4.78, 5) is 16.5. The first-order valence-corrected chi connectivity index (χ1v) is 6.70. The number of rotatable bonds is 4. The fraction of sp³-hybridized carbons (Fsp3) is 0.333. The Hall–Kier alpha value is -1.81. The van der Waals surface area contributed by atoms with Crippen LogP contribution in [0.15, 0.2) is 43.0 Å². The summed E-state index contributed by atoms with van der Waals surface area (Å²) in [6, 6.07) is 5.32. The molecule has 0 radical (unpaired) electrons. The van der Waals surface area contributed by atoms with Crippen LogP contribution in [0.1, 0.15) is 27.0 Å². The Balaban J connectivity index is 2.34. The van der Waals surface area contributed by atoms with E-state index in [-0.39, 0.29) is 5.78 Å². The van der Waals surface area contributed by atoms with Crippen molar-refractivity contribution in [3.8, 4) is 5.75 Å². The van der Waals surface area contributed by atoms with Crippen LogP contribution in [0.4, 0.5) is 0 Å². The minimum atomic E-state index is -0.758. The van der Waals surface area contributed by atoms with Crippen molar-refractivity contribution in [1.29, 1.82) is 0 Å². The molecular weight excluding hydrogens is 276 g/mol. The quantitative estimate of drug-likeness (QED) is 0.862. The molecule has 0 N–H and O–H groups in total. The van der Waals surface area contributed by atoms with Gasteiger partial charge >= 0.3 is 0 Å². The molecule has 4 nitrogen and oxygen atoms in total. The predicted molar refractivity (Wildman–Crippen MR) is 77.8 cm³/mol. The lowest BCUT2D eigenvalue weighted by atomic mass is 9.89. The van der Waals surface area contributed by atoms with E-state index < -0.39 is 11.6 Å². The molecule has 0 saturated heterocycles. The zero-order valence-corrected chi connectivity index (χ0v) is 12.5. The number of carbonyl (C=O) groups is 1. The van der Waals surface area contributed by atoms with Crippen molar-refractivity contribution in [2.45, 2.75) is 27.0 Å². The molecular formula is C15H17ClN2O2. The number of hydrogen-bond donors (Lipinski definition) is 0. The first kappa shape index (κ1) is 14.6. The molecule has 5 heteroatoms. The fourth-order valence-electron chi connectivity index (χ4n) is 1.69. The molecule has 106 valence electrons. The lowest BCUT2D eigenvalue weighted by Crippen LogP contribution is -2.33. The van der Waals surface area contributed by atoms with Crippen LogP contribution in [0, 0.1) is 5.41 Å². The molecule has 2 heterocycles. The van der Waals surface area contributed by atoms with Gasteiger partial charge in [0.1, 0.15) is 0 Å². The average Bonchev–Trinajstić information content (AvgIpc) is 2.89. The highest BCUT2D eigenvalue weighted by Crippen LogP contribution is 2.30. The van der Waals surface area contributed by atoms with E-state index >= 15 is 0 Å². The van der Waals surface area contributed by atoms with Crippen molar-refractivity contribution in [1.82, 2.24) is 9.55 Å². The maximum atomic E-state index is 12.6. The van der Waals surface area contributed by atoms with Gasteiger partial charge in [0.05, 0.1) is 11.2 Å². The van der Waals surface area contributed by atoms with Gasteiger partial charge in [-0.3, -0.25) is 9.78 Å². The molecule has 2 rings (SSSR count).